The van der Waals surface area contributed by atoms with Gasteiger partial charge in [-0.2, -0.15) is 0 Å². The zero-order chi connectivity index (χ0) is 12.9. The van der Waals surface area contributed by atoms with Gasteiger partial charge in [-0.05, 0) is 11.1 Å². The molecule has 1 fully saturated rings. The summed E-state index contributed by atoms with van der Waals surface area (Å²) in [6.07, 6.45) is 0. The van der Waals surface area contributed by atoms with Gasteiger partial charge in [-0.25, -0.2) is 0 Å². The lowest BCUT2D eigenvalue weighted by Gasteiger charge is -2.16. The first-order valence-corrected chi connectivity index (χ1v) is 6.81. The van der Waals surface area contributed by atoms with Crippen molar-refractivity contribution in [3.8, 4) is 0 Å². The molecule has 2 aromatic carbocycles. The Balaban J connectivity index is 1.53. The van der Waals surface area contributed by atoms with Crippen molar-refractivity contribution < 1.29 is 0 Å². The van der Waals surface area contributed by atoms with E-state index in [2.05, 4.69) is 77.8 Å². The first kappa shape index (κ1) is 12.5. The maximum Gasteiger partial charge on any atom is 0.313 e. The van der Waals surface area contributed by atoms with Gasteiger partial charge in [0.05, 0.1) is 0 Å². The quantitative estimate of drug-likeness (QED) is 0.768. The summed E-state index contributed by atoms with van der Waals surface area (Å²) in [7, 11) is 2.26. The normalized spacial score (nSPS) is 16.4. The second-order valence-corrected chi connectivity index (χ2v) is 5.03. The highest BCUT2D eigenvalue weighted by atomic mass is 15.3. The van der Waals surface area contributed by atoms with E-state index in [4.69, 9.17) is 0 Å². The summed E-state index contributed by atoms with van der Waals surface area (Å²) in [6.45, 7) is 4.24. The molecule has 0 aliphatic carbocycles. The van der Waals surface area contributed by atoms with E-state index in [1.807, 2.05) is 0 Å². The maximum absolute atomic E-state index is 2.39. The topological polar surface area (TPSA) is 6.48 Å². The van der Waals surface area contributed by atoms with Gasteiger partial charge in [0.15, 0.2) is 0 Å². The van der Waals surface area contributed by atoms with E-state index in [1.54, 1.807) is 0 Å². The molecular weight excluding hydrogens is 231 g/mol. The molecular formula is C16H18BN2. The van der Waals surface area contributed by atoms with E-state index in [0.717, 1.165) is 26.2 Å². The molecule has 0 N–H and O–H groups in total. The Bertz CT molecular complexity index is 453. The maximum atomic E-state index is 2.39. The van der Waals surface area contributed by atoms with Crippen molar-refractivity contribution >= 4 is 7.55 Å². The van der Waals surface area contributed by atoms with E-state index in [1.165, 1.54) is 11.1 Å². The van der Waals surface area contributed by atoms with Crippen molar-refractivity contribution in [3.63, 3.8) is 0 Å². The van der Waals surface area contributed by atoms with Crippen LogP contribution in [-0.4, -0.2) is 30.3 Å². The molecule has 2 nitrogen and oxygen atoms in total. The molecule has 0 atom stereocenters. The van der Waals surface area contributed by atoms with Gasteiger partial charge in [0.1, 0.15) is 0 Å². The van der Waals surface area contributed by atoms with Crippen molar-refractivity contribution in [1.82, 2.24) is 9.62 Å². The second kappa shape index (κ2) is 6.05. The molecule has 3 heteroatoms. The minimum absolute atomic E-state index is 1.01. The molecule has 0 bridgehead atoms. The lowest BCUT2D eigenvalue weighted by atomic mass is 10.0. The van der Waals surface area contributed by atoms with Crippen molar-refractivity contribution in [3.05, 3.63) is 71.8 Å². The standard InChI is InChI=1S/C16H18BN2/c1-3-7-15(8-4-1)13-18-11-12-19(17-18)14-16-9-5-2-6-10-16/h1-10H,11-14H2. The fourth-order valence-electron chi connectivity index (χ4n) is 2.48. The highest BCUT2D eigenvalue weighted by molar-refractivity contribution is 6.29. The van der Waals surface area contributed by atoms with E-state index in [-0.39, 0.29) is 0 Å². The fourth-order valence-corrected chi connectivity index (χ4v) is 2.48. The van der Waals surface area contributed by atoms with Crippen LogP contribution < -0.4 is 0 Å². The molecule has 1 heterocycles. The van der Waals surface area contributed by atoms with Crippen molar-refractivity contribution in [2.24, 2.45) is 0 Å². The zero-order valence-electron chi connectivity index (χ0n) is 11.1. The summed E-state index contributed by atoms with van der Waals surface area (Å²) in [6, 6.07) is 21.3. The first-order valence-electron chi connectivity index (χ1n) is 6.81. The summed E-state index contributed by atoms with van der Waals surface area (Å²) in [5.74, 6) is 0. The molecule has 3 rings (SSSR count). The average molecular weight is 249 g/mol. The van der Waals surface area contributed by atoms with Gasteiger partial charge in [-0.15, -0.1) is 0 Å². The first-order chi connectivity index (χ1) is 9.40. The molecule has 1 aliphatic rings. The molecule has 0 saturated carbocycles. The minimum Gasteiger partial charge on any atom is -0.327 e. The molecule has 1 aliphatic heterocycles. The molecule has 0 spiro atoms. The van der Waals surface area contributed by atoms with Gasteiger partial charge in [-0.3, -0.25) is 0 Å². The van der Waals surface area contributed by atoms with Crippen LogP contribution >= 0.6 is 0 Å². The Morgan fingerprint density at radius 2 is 1.11 bits per heavy atom. The summed E-state index contributed by atoms with van der Waals surface area (Å²) in [5.41, 5.74) is 2.75. The van der Waals surface area contributed by atoms with Crippen LogP contribution in [0.5, 0.6) is 0 Å². The lowest BCUT2D eigenvalue weighted by Crippen LogP contribution is -2.29. The molecule has 1 saturated heterocycles. The third-order valence-electron chi connectivity index (χ3n) is 3.46. The summed E-state index contributed by atoms with van der Waals surface area (Å²) < 4.78 is 0. The van der Waals surface area contributed by atoms with E-state index >= 15 is 0 Å². The highest BCUT2D eigenvalue weighted by Crippen LogP contribution is 2.12. The Kier molecular flexibility index (Phi) is 3.96. The summed E-state index contributed by atoms with van der Waals surface area (Å²) in [5, 5.41) is 0. The predicted octanol–water partition coefficient (Wildman–Crippen LogP) is 2.54. The monoisotopic (exact) mass is 249 g/mol. The van der Waals surface area contributed by atoms with Crippen molar-refractivity contribution in [2.45, 2.75) is 13.1 Å². The van der Waals surface area contributed by atoms with Crippen LogP contribution in [0.3, 0.4) is 0 Å². The van der Waals surface area contributed by atoms with Crippen molar-refractivity contribution in [2.75, 3.05) is 13.1 Å². The molecule has 19 heavy (non-hydrogen) atoms. The van der Waals surface area contributed by atoms with E-state index in [9.17, 15) is 0 Å². The van der Waals surface area contributed by atoms with Crippen LogP contribution in [0.2, 0.25) is 0 Å². The SMILES string of the molecule is [B]1N(Cc2ccccc2)CCN1Cc1ccccc1. The van der Waals surface area contributed by atoms with E-state index < -0.39 is 0 Å². The molecule has 0 unspecified atom stereocenters. The Hall–Kier alpha value is -1.58. The Morgan fingerprint density at radius 3 is 1.53 bits per heavy atom. The molecule has 0 amide bonds. The van der Waals surface area contributed by atoms with Crippen molar-refractivity contribution in [1.29, 1.82) is 0 Å². The van der Waals surface area contributed by atoms with Crippen LogP contribution in [0.25, 0.3) is 0 Å². The minimum atomic E-state index is 1.01. The number of hydrogen-bond donors (Lipinski definition) is 0. The summed E-state index contributed by atoms with van der Waals surface area (Å²) in [4.78, 5) is 4.77. The van der Waals surface area contributed by atoms with Gasteiger partial charge in [0.2, 0.25) is 0 Å². The van der Waals surface area contributed by atoms with Crippen LogP contribution in [0.1, 0.15) is 11.1 Å². The average Bonchev–Trinajstić information content (AvgIpc) is 2.88. The molecule has 0 aromatic heterocycles. The summed E-state index contributed by atoms with van der Waals surface area (Å²) >= 11 is 0. The predicted molar refractivity (Wildman–Crippen MR) is 79.5 cm³/mol. The van der Waals surface area contributed by atoms with Crippen LogP contribution in [0, 0.1) is 0 Å². The van der Waals surface area contributed by atoms with Gasteiger partial charge >= 0.3 is 7.55 Å². The fraction of sp³-hybridized carbons (Fsp3) is 0.250. The van der Waals surface area contributed by atoms with Gasteiger partial charge in [0.25, 0.3) is 0 Å². The smallest absolute Gasteiger partial charge is 0.313 e. The third kappa shape index (κ3) is 3.46. The van der Waals surface area contributed by atoms with Crippen LogP contribution in [-0.2, 0) is 13.1 Å². The molecule has 1 radical (unpaired) electrons. The van der Waals surface area contributed by atoms with Crippen LogP contribution in [0.4, 0.5) is 0 Å². The number of nitrogens with zero attached hydrogens (tertiary/aromatic N) is 2. The third-order valence-corrected chi connectivity index (χ3v) is 3.46. The molecule has 95 valence electrons. The highest BCUT2D eigenvalue weighted by Gasteiger charge is 2.22. The van der Waals surface area contributed by atoms with E-state index in [0.29, 0.717) is 0 Å². The lowest BCUT2D eigenvalue weighted by molar-refractivity contribution is 0.458. The Labute approximate surface area is 115 Å². The number of benzene rings is 2. The van der Waals surface area contributed by atoms with Crippen LogP contribution in [0.15, 0.2) is 60.7 Å². The zero-order valence-corrected chi connectivity index (χ0v) is 11.1. The number of rotatable bonds is 4. The molecule has 2 aromatic rings. The second-order valence-electron chi connectivity index (χ2n) is 5.03. The number of hydrogen-bond acceptors (Lipinski definition) is 2. The largest absolute Gasteiger partial charge is 0.327 e. The van der Waals surface area contributed by atoms with Gasteiger partial charge < -0.3 is 9.62 Å². The van der Waals surface area contributed by atoms with Gasteiger partial charge in [-0.1, -0.05) is 60.7 Å². The Morgan fingerprint density at radius 1 is 0.684 bits per heavy atom. The van der Waals surface area contributed by atoms with Gasteiger partial charge in [0, 0.05) is 26.2 Å².